The van der Waals surface area contributed by atoms with Gasteiger partial charge in [0.05, 0.1) is 12.2 Å². The molecular formula is C34H49N5O4. The molecule has 0 bridgehead atoms. The molecule has 2 aliphatic heterocycles. The standard InChI is InChI=1S/C34H49N5O4/c35-33(41)28-15-21-38(22-16-28)20-9-2-1-6-12-29(40)26-36-19-25-39-23-17-30(18-24-39)43-34(42)37-32-14-8-7-13-31(32)27-10-4-3-5-11-27/h3-5,7-8,10-11,13-14,28,30,36H,1-2,6,9,12,15-26H2,(H2,35,41)(H,37,42). The predicted molar refractivity (Wildman–Crippen MR) is 171 cm³/mol. The van der Waals surface area contributed by atoms with Crippen molar-refractivity contribution in [2.45, 2.75) is 63.9 Å². The summed E-state index contributed by atoms with van der Waals surface area (Å²) in [6.45, 7) is 6.83. The molecule has 0 spiro atoms. The smallest absolute Gasteiger partial charge is 0.411 e. The van der Waals surface area contributed by atoms with Gasteiger partial charge in [0.2, 0.25) is 5.91 Å². The maximum atomic E-state index is 12.6. The largest absolute Gasteiger partial charge is 0.446 e. The van der Waals surface area contributed by atoms with Crippen molar-refractivity contribution in [3.63, 3.8) is 0 Å². The lowest BCUT2D eigenvalue weighted by atomic mass is 9.96. The van der Waals surface area contributed by atoms with Crippen LogP contribution in [0.5, 0.6) is 0 Å². The topological polar surface area (TPSA) is 117 Å². The van der Waals surface area contributed by atoms with E-state index >= 15 is 0 Å². The molecule has 9 nitrogen and oxygen atoms in total. The highest BCUT2D eigenvalue weighted by atomic mass is 16.6. The van der Waals surface area contributed by atoms with Crippen LogP contribution < -0.4 is 16.4 Å². The first-order valence-electron chi connectivity index (χ1n) is 16.1. The number of hydrogen-bond acceptors (Lipinski definition) is 7. The number of anilines is 1. The maximum Gasteiger partial charge on any atom is 0.411 e. The second-order valence-corrected chi connectivity index (χ2v) is 11.9. The Hall–Kier alpha value is -3.27. The van der Waals surface area contributed by atoms with Gasteiger partial charge >= 0.3 is 6.09 Å². The highest BCUT2D eigenvalue weighted by Gasteiger charge is 2.23. The number of hydrogen-bond donors (Lipinski definition) is 3. The third-order valence-corrected chi connectivity index (χ3v) is 8.65. The Morgan fingerprint density at radius 1 is 0.791 bits per heavy atom. The normalized spacial score (nSPS) is 17.0. The third kappa shape index (κ3) is 11.4. The fourth-order valence-corrected chi connectivity index (χ4v) is 6.01. The first kappa shape index (κ1) is 32.6. The van der Waals surface area contributed by atoms with Gasteiger partial charge in [0.1, 0.15) is 11.9 Å². The Labute approximate surface area is 256 Å². The minimum atomic E-state index is -0.413. The molecule has 0 aromatic heterocycles. The maximum absolute atomic E-state index is 12.6. The van der Waals surface area contributed by atoms with Gasteiger partial charge in [0.15, 0.2) is 0 Å². The molecule has 2 fully saturated rings. The molecule has 2 heterocycles. The molecule has 2 aromatic rings. The number of carbonyl (C=O) groups is 3. The van der Waals surface area contributed by atoms with E-state index in [2.05, 4.69) is 20.4 Å². The van der Waals surface area contributed by atoms with Gasteiger partial charge in [-0.3, -0.25) is 14.9 Å². The van der Waals surface area contributed by atoms with Crippen LogP contribution in [0.2, 0.25) is 0 Å². The van der Waals surface area contributed by atoms with Gasteiger partial charge in [-0.1, -0.05) is 61.4 Å². The number of nitrogens with one attached hydrogen (secondary N) is 2. The Morgan fingerprint density at radius 2 is 1.44 bits per heavy atom. The molecule has 2 saturated heterocycles. The van der Waals surface area contributed by atoms with Crippen LogP contribution in [-0.2, 0) is 14.3 Å². The zero-order valence-electron chi connectivity index (χ0n) is 25.5. The van der Waals surface area contributed by atoms with E-state index in [-0.39, 0.29) is 23.7 Å². The first-order chi connectivity index (χ1) is 21.0. The predicted octanol–water partition coefficient (Wildman–Crippen LogP) is 4.67. The van der Waals surface area contributed by atoms with E-state index in [4.69, 9.17) is 10.5 Å². The summed E-state index contributed by atoms with van der Waals surface area (Å²) in [6, 6.07) is 17.7. The number of ketones is 1. The van der Waals surface area contributed by atoms with Crippen molar-refractivity contribution in [2.24, 2.45) is 11.7 Å². The lowest BCUT2D eigenvalue weighted by Gasteiger charge is -2.31. The monoisotopic (exact) mass is 591 g/mol. The van der Waals surface area contributed by atoms with Crippen LogP contribution in [0, 0.1) is 5.92 Å². The lowest BCUT2D eigenvalue weighted by Crippen LogP contribution is -2.42. The van der Waals surface area contributed by atoms with Crippen molar-refractivity contribution in [3.05, 3.63) is 54.6 Å². The summed E-state index contributed by atoms with van der Waals surface area (Å²) in [6.07, 6.45) is 7.81. The molecule has 0 radical (unpaired) electrons. The quantitative estimate of drug-likeness (QED) is 0.243. The van der Waals surface area contributed by atoms with Gasteiger partial charge in [-0.25, -0.2) is 4.79 Å². The molecule has 0 unspecified atom stereocenters. The van der Waals surface area contributed by atoms with E-state index in [1.807, 2.05) is 54.6 Å². The molecule has 2 aliphatic rings. The van der Waals surface area contributed by atoms with Crippen LogP contribution in [0.1, 0.15) is 57.8 Å². The molecular weight excluding hydrogens is 542 g/mol. The van der Waals surface area contributed by atoms with E-state index in [0.717, 1.165) is 114 Å². The number of Topliss-reactive ketones (excluding diaryl/α,β-unsaturated/α-hetero) is 1. The molecule has 2 amide bonds. The number of unbranched alkanes of at least 4 members (excludes halogenated alkanes) is 3. The zero-order chi connectivity index (χ0) is 30.3. The van der Waals surface area contributed by atoms with Crippen molar-refractivity contribution in [1.29, 1.82) is 0 Å². The van der Waals surface area contributed by atoms with Gasteiger partial charge < -0.3 is 25.6 Å². The summed E-state index contributed by atoms with van der Waals surface area (Å²) in [5.41, 5.74) is 8.16. The Bertz CT molecular complexity index is 1140. The van der Waals surface area contributed by atoms with Crippen LogP contribution in [0.4, 0.5) is 10.5 Å². The highest BCUT2D eigenvalue weighted by molar-refractivity contribution is 5.91. The average Bonchev–Trinajstić information content (AvgIpc) is 3.02. The fraction of sp³-hybridized carbons (Fsp3) is 0.559. The van der Waals surface area contributed by atoms with Gasteiger partial charge in [0, 0.05) is 44.1 Å². The van der Waals surface area contributed by atoms with Gasteiger partial charge in [-0.2, -0.15) is 0 Å². The highest BCUT2D eigenvalue weighted by Crippen LogP contribution is 2.28. The Morgan fingerprint density at radius 3 is 2.19 bits per heavy atom. The van der Waals surface area contributed by atoms with Crippen LogP contribution in [0.25, 0.3) is 11.1 Å². The number of primary amides is 1. The molecule has 0 atom stereocenters. The van der Waals surface area contributed by atoms with Crippen molar-refractivity contribution >= 4 is 23.5 Å². The van der Waals surface area contributed by atoms with E-state index < -0.39 is 6.09 Å². The number of benzene rings is 2. The summed E-state index contributed by atoms with van der Waals surface area (Å²) in [5, 5.41) is 6.23. The summed E-state index contributed by atoms with van der Waals surface area (Å²) in [5.74, 6) is 0.174. The fourth-order valence-electron chi connectivity index (χ4n) is 6.01. The minimum absolute atomic E-state index is 0.0535. The van der Waals surface area contributed by atoms with E-state index in [1.165, 1.54) is 0 Å². The molecule has 0 aliphatic carbocycles. The van der Waals surface area contributed by atoms with Crippen molar-refractivity contribution in [1.82, 2.24) is 15.1 Å². The number of nitrogens with two attached hydrogens (primary N) is 1. The molecule has 43 heavy (non-hydrogen) atoms. The number of rotatable bonds is 16. The van der Waals surface area contributed by atoms with Crippen molar-refractivity contribution in [3.8, 4) is 11.1 Å². The SMILES string of the molecule is NC(=O)C1CCN(CCCCCCC(=O)CNCCN2CCC(OC(=O)Nc3ccccc3-c3ccccc3)CC2)CC1. The number of para-hydroxylation sites is 1. The summed E-state index contributed by atoms with van der Waals surface area (Å²) >= 11 is 0. The number of likely N-dealkylation sites (tertiary alicyclic amines) is 2. The average molecular weight is 592 g/mol. The Kier molecular flexibility index (Phi) is 13.5. The Balaban J connectivity index is 0.995. The number of carbonyl (C=O) groups excluding carboxylic acids is 3. The van der Waals surface area contributed by atoms with Crippen LogP contribution in [0.3, 0.4) is 0 Å². The number of amides is 2. The minimum Gasteiger partial charge on any atom is -0.446 e. The van der Waals surface area contributed by atoms with Crippen molar-refractivity contribution < 1.29 is 19.1 Å². The molecule has 4 rings (SSSR count). The zero-order valence-corrected chi connectivity index (χ0v) is 25.5. The molecule has 0 saturated carbocycles. The molecule has 2 aromatic carbocycles. The van der Waals surface area contributed by atoms with Gasteiger partial charge in [0.25, 0.3) is 0 Å². The van der Waals surface area contributed by atoms with Gasteiger partial charge in [-0.15, -0.1) is 0 Å². The number of nitrogens with zero attached hydrogens (tertiary/aromatic N) is 2. The second-order valence-electron chi connectivity index (χ2n) is 11.9. The van der Waals surface area contributed by atoms with Gasteiger partial charge in [-0.05, 0) is 69.8 Å². The third-order valence-electron chi connectivity index (χ3n) is 8.65. The molecule has 9 heteroatoms. The second kappa shape index (κ2) is 17.8. The number of ether oxygens (including phenoxy) is 1. The number of piperidine rings is 2. The molecule has 4 N–H and O–H groups in total. The summed E-state index contributed by atoms with van der Waals surface area (Å²) < 4.78 is 5.74. The summed E-state index contributed by atoms with van der Waals surface area (Å²) in [4.78, 5) is 41.0. The molecule has 234 valence electrons. The van der Waals surface area contributed by atoms with Crippen LogP contribution in [0.15, 0.2) is 54.6 Å². The lowest BCUT2D eigenvalue weighted by molar-refractivity contribution is -0.123. The first-order valence-corrected chi connectivity index (χ1v) is 16.1. The van der Waals surface area contributed by atoms with Crippen LogP contribution in [-0.4, -0.2) is 86.0 Å². The van der Waals surface area contributed by atoms with Crippen LogP contribution >= 0.6 is 0 Å². The summed E-state index contributed by atoms with van der Waals surface area (Å²) in [7, 11) is 0. The van der Waals surface area contributed by atoms with E-state index in [9.17, 15) is 14.4 Å². The van der Waals surface area contributed by atoms with Crippen molar-refractivity contribution in [2.75, 3.05) is 57.7 Å². The van der Waals surface area contributed by atoms with E-state index in [1.54, 1.807) is 0 Å². The van der Waals surface area contributed by atoms with E-state index in [0.29, 0.717) is 13.0 Å².